The molecule has 1 unspecified atom stereocenters. The molecule has 1 saturated heterocycles. The van der Waals surface area contributed by atoms with Crippen molar-refractivity contribution in [2.24, 2.45) is 5.84 Å². The van der Waals surface area contributed by atoms with E-state index in [1.54, 1.807) is 30.3 Å². The highest BCUT2D eigenvalue weighted by molar-refractivity contribution is 7.92. The molecule has 106 valence electrons. The van der Waals surface area contributed by atoms with Crippen LogP contribution < -0.4 is 5.84 Å². The highest BCUT2D eigenvalue weighted by Crippen LogP contribution is 2.21. The van der Waals surface area contributed by atoms with Crippen LogP contribution in [0.5, 0.6) is 0 Å². The summed E-state index contributed by atoms with van der Waals surface area (Å²) < 4.78 is 25.2. The Labute approximate surface area is 114 Å². The number of nitrogens with two attached hydrogens (primary N) is 1. The third-order valence-electron chi connectivity index (χ3n) is 3.57. The van der Waals surface area contributed by atoms with Crippen molar-refractivity contribution in [3.63, 3.8) is 0 Å². The Morgan fingerprint density at radius 3 is 2.42 bits per heavy atom. The number of nitrogens with zero attached hydrogens (tertiary/aromatic N) is 2. The van der Waals surface area contributed by atoms with Gasteiger partial charge in [0.1, 0.15) is 5.37 Å². The summed E-state index contributed by atoms with van der Waals surface area (Å²) in [6.07, 6.45) is 0. The summed E-state index contributed by atoms with van der Waals surface area (Å²) in [6.45, 7) is 5.95. The molecule has 1 aromatic carbocycles. The van der Waals surface area contributed by atoms with Gasteiger partial charge in [-0.2, -0.15) is 0 Å². The van der Waals surface area contributed by atoms with Crippen LogP contribution >= 0.6 is 0 Å². The maximum Gasteiger partial charge on any atom is 0.196 e. The third-order valence-corrected chi connectivity index (χ3v) is 5.63. The molecule has 1 heterocycles. The number of hydrogen-bond donors (Lipinski definition) is 1. The van der Waals surface area contributed by atoms with E-state index < -0.39 is 15.2 Å². The van der Waals surface area contributed by atoms with E-state index in [-0.39, 0.29) is 0 Å². The van der Waals surface area contributed by atoms with E-state index in [2.05, 4.69) is 18.7 Å². The van der Waals surface area contributed by atoms with Gasteiger partial charge in [0.2, 0.25) is 0 Å². The summed E-state index contributed by atoms with van der Waals surface area (Å²) in [5, 5.41) is 0.771. The van der Waals surface area contributed by atoms with Gasteiger partial charge in [-0.3, -0.25) is 10.7 Å². The predicted molar refractivity (Wildman–Crippen MR) is 75.0 cm³/mol. The lowest BCUT2D eigenvalue weighted by Gasteiger charge is -2.40. The average molecular weight is 283 g/mol. The molecule has 0 aliphatic carbocycles. The lowest BCUT2D eigenvalue weighted by Crippen LogP contribution is -2.60. The van der Waals surface area contributed by atoms with Gasteiger partial charge in [0, 0.05) is 25.7 Å². The highest BCUT2D eigenvalue weighted by atomic mass is 32.2. The topological polar surface area (TPSA) is 66.6 Å². The molecule has 0 bridgehead atoms. The van der Waals surface area contributed by atoms with Crippen LogP contribution in [0.25, 0.3) is 0 Å². The van der Waals surface area contributed by atoms with Crippen LogP contribution in [0.4, 0.5) is 0 Å². The fourth-order valence-corrected chi connectivity index (χ4v) is 4.00. The predicted octanol–water partition coefficient (Wildman–Crippen LogP) is 0.686. The zero-order valence-electron chi connectivity index (χ0n) is 11.4. The number of rotatable bonds is 3. The first-order chi connectivity index (χ1) is 8.93. The first kappa shape index (κ1) is 14.5. The Bertz CT molecular complexity index is 516. The van der Waals surface area contributed by atoms with Gasteiger partial charge < -0.3 is 0 Å². The maximum atomic E-state index is 12.6. The second kappa shape index (κ2) is 5.58. The lowest BCUT2D eigenvalue weighted by atomic mass is 10.2. The molecule has 1 atom stereocenters. The molecular weight excluding hydrogens is 262 g/mol. The van der Waals surface area contributed by atoms with Crippen molar-refractivity contribution < 1.29 is 8.42 Å². The molecule has 5 nitrogen and oxygen atoms in total. The molecular formula is C13H21N3O2S. The minimum atomic E-state index is -3.42. The maximum absolute atomic E-state index is 12.6. The first-order valence-electron chi connectivity index (χ1n) is 6.47. The van der Waals surface area contributed by atoms with Crippen molar-refractivity contribution in [1.29, 1.82) is 0 Å². The van der Waals surface area contributed by atoms with Crippen molar-refractivity contribution in [2.45, 2.75) is 30.2 Å². The summed E-state index contributed by atoms with van der Waals surface area (Å²) in [5.74, 6) is 5.89. The molecule has 1 aliphatic heterocycles. The van der Waals surface area contributed by atoms with Crippen LogP contribution in [0.2, 0.25) is 0 Å². The van der Waals surface area contributed by atoms with Gasteiger partial charge >= 0.3 is 0 Å². The van der Waals surface area contributed by atoms with Gasteiger partial charge in [0.05, 0.1) is 4.90 Å². The van der Waals surface area contributed by atoms with E-state index in [0.29, 0.717) is 24.0 Å². The van der Waals surface area contributed by atoms with Gasteiger partial charge in [-0.15, -0.1) is 0 Å². The van der Waals surface area contributed by atoms with Gasteiger partial charge in [0.15, 0.2) is 9.84 Å². The fourth-order valence-electron chi connectivity index (χ4n) is 2.30. The van der Waals surface area contributed by atoms with Crippen LogP contribution in [-0.2, 0) is 9.84 Å². The standard InChI is InChI=1S/C13H21N3O2S/c1-11(2)15-8-9-16(14)13(10-15)19(17,18)12-6-4-3-5-7-12/h3-7,11,13H,8-10,14H2,1-2H3. The summed E-state index contributed by atoms with van der Waals surface area (Å²) in [5.41, 5.74) is 0. The summed E-state index contributed by atoms with van der Waals surface area (Å²) in [6, 6.07) is 8.84. The molecule has 0 spiro atoms. The molecule has 1 aliphatic rings. The Morgan fingerprint density at radius 1 is 1.21 bits per heavy atom. The third kappa shape index (κ3) is 2.97. The first-order valence-corrected chi connectivity index (χ1v) is 8.02. The highest BCUT2D eigenvalue weighted by Gasteiger charge is 2.36. The summed E-state index contributed by atoms with van der Waals surface area (Å²) in [4.78, 5) is 2.48. The van der Waals surface area contributed by atoms with Crippen LogP contribution in [0.15, 0.2) is 35.2 Å². The SMILES string of the molecule is CC(C)N1CCN(N)C(S(=O)(=O)c2ccccc2)C1. The van der Waals surface area contributed by atoms with E-state index in [1.165, 1.54) is 5.01 Å². The van der Waals surface area contributed by atoms with Crippen molar-refractivity contribution >= 4 is 9.84 Å². The molecule has 0 amide bonds. The number of hydrogen-bond acceptors (Lipinski definition) is 5. The number of piperazine rings is 1. The normalized spacial score (nSPS) is 22.8. The Kier molecular flexibility index (Phi) is 4.25. The van der Waals surface area contributed by atoms with Crippen LogP contribution in [0, 0.1) is 0 Å². The lowest BCUT2D eigenvalue weighted by molar-refractivity contribution is 0.0902. The molecule has 0 aromatic heterocycles. The molecule has 0 saturated carbocycles. The minimum Gasteiger partial charge on any atom is -0.297 e. The van der Waals surface area contributed by atoms with E-state index in [4.69, 9.17) is 5.84 Å². The molecule has 2 rings (SSSR count). The van der Waals surface area contributed by atoms with E-state index in [0.717, 1.165) is 6.54 Å². The van der Waals surface area contributed by atoms with Crippen LogP contribution in [-0.4, -0.2) is 49.4 Å². The number of sulfone groups is 1. The Hall–Kier alpha value is -0.950. The van der Waals surface area contributed by atoms with Crippen molar-refractivity contribution in [3.05, 3.63) is 30.3 Å². The molecule has 19 heavy (non-hydrogen) atoms. The Morgan fingerprint density at radius 2 is 1.84 bits per heavy atom. The average Bonchev–Trinajstić information content (AvgIpc) is 2.39. The zero-order chi connectivity index (χ0) is 14.0. The molecule has 2 N–H and O–H groups in total. The zero-order valence-corrected chi connectivity index (χ0v) is 12.2. The molecule has 1 aromatic rings. The van der Waals surface area contributed by atoms with Gasteiger partial charge in [0.25, 0.3) is 0 Å². The van der Waals surface area contributed by atoms with Gasteiger partial charge in [-0.25, -0.2) is 13.4 Å². The van der Waals surface area contributed by atoms with Crippen molar-refractivity contribution in [2.75, 3.05) is 19.6 Å². The molecule has 0 radical (unpaired) electrons. The van der Waals surface area contributed by atoms with E-state index >= 15 is 0 Å². The minimum absolute atomic E-state index is 0.321. The van der Waals surface area contributed by atoms with E-state index in [9.17, 15) is 8.42 Å². The smallest absolute Gasteiger partial charge is 0.196 e. The van der Waals surface area contributed by atoms with Crippen LogP contribution in [0.3, 0.4) is 0 Å². The number of benzene rings is 1. The van der Waals surface area contributed by atoms with Crippen LogP contribution in [0.1, 0.15) is 13.8 Å². The van der Waals surface area contributed by atoms with Gasteiger partial charge in [-0.05, 0) is 26.0 Å². The van der Waals surface area contributed by atoms with E-state index in [1.807, 2.05) is 0 Å². The quantitative estimate of drug-likeness (QED) is 0.827. The fraction of sp³-hybridized carbons (Fsp3) is 0.538. The van der Waals surface area contributed by atoms with Crippen molar-refractivity contribution in [3.8, 4) is 0 Å². The summed E-state index contributed by atoms with van der Waals surface area (Å²) >= 11 is 0. The Balaban J connectivity index is 2.28. The molecule has 1 fully saturated rings. The second-order valence-corrected chi connectivity index (χ2v) is 7.24. The largest absolute Gasteiger partial charge is 0.297 e. The summed E-state index contributed by atoms with van der Waals surface area (Å²) in [7, 11) is -3.42. The number of hydrazine groups is 1. The monoisotopic (exact) mass is 283 g/mol. The second-order valence-electron chi connectivity index (χ2n) is 5.14. The van der Waals surface area contributed by atoms with Crippen molar-refractivity contribution in [1.82, 2.24) is 9.91 Å². The van der Waals surface area contributed by atoms with Gasteiger partial charge in [-0.1, -0.05) is 18.2 Å². The molecule has 6 heteroatoms.